The second-order valence-electron chi connectivity index (χ2n) is 7.66. The Hall–Kier alpha value is -3.33. The standard InChI is InChI=1S/C21H17ClF2N6O/c1-2-18(31)30-6-5-21(30)9-29(10-21)17-4-3-15-19(28-17)20(26-11-25-15)27-16-7-12(22)13(23)8-14(16)24/h2-4,7-8,11H,1,5-6,9-10H2,(H,25,26,27). The summed E-state index contributed by atoms with van der Waals surface area (Å²) in [5, 5.41) is 2.62. The second kappa shape index (κ2) is 7.12. The SMILES string of the molecule is C=CC(=O)N1CCC12CN(c1ccc3ncnc(Nc4cc(Cl)c(F)cc4F)c3n1)C2. The highest BCUT2D eigenvalue weighted by Gasteiger charge is 2.55. The molecule has 10 heteroatoms. The van der Waals surface area contributed by atoms with E-state index in [2.05, 4.69) is 31.7 Å². The number of fused-ring (bicyclic) bond motifs is 1. The van der Waals surface area contributed by atoms with Crippen molar-refractivity contribution in [3.05, 3.63) is 59.9 Å². The van der Waals surface area contributed by atoms with Crippen molar-refractivity contribution in [1.82, 2.24) is 19.9 Å². The van der Waals surface area contributed by atoms with Crippen molar-refractivity contribution in [1.29, 1.82) is 0 Å². The van der Waals surface area contributed by atoms with Gasteiger partial charge in [-0.1, -0.05) is 18.2 Å². The van der Waals surface area contributed by atoms with Crippen LogP contribution in [0.3, 0.4) is 0 Å². The van der Waals surface area contributed by atoms with Crippen LogP contribution in [0, 0.1) is 11.6 Å². The van der Waals surface area contributed by atoms with Crippen LogP contribution in [0.1, 0.15) is 6.42 Å². The summed E-state index contributed by atoms with van der Waals surface area (Å²) in [6.45, 7) is 5.64. The van der Waals surface area contributed by atoms with Gasteiger partial charge in [0.25, 0.3) is 0 Å². The van der Waals surface area contributed by atoms with E-state index < -0.39 is 11.6 Å². The van der Waals surface area contributed by atoms with Gasteiger partial charge in [-0.2, -0.15) is 0 Å². The molecule has 0 radical (unpaired) electrons. The molecular weight excluding hydrogens is 426 g/mol. The Morgan fingerprint density at radius 2 is 2.03 bits per heavy atom. The Balaban J connectivity index is 1.43. The molecule has 1 aromatic carbocycles. The summed E-state index contributed by atoms with van der Waals surface area (Å²) in [5.41, 5.74) is 0.824. The normalized spacial score (nSPS) is 16.7. The van der Waals surface area contributed by atoms with Crippen LogP contribution >= 0.6 is 11.6 Å². The number of hydrogen-bond donors (Lipinski definition) is 1. The van der Waals surface area contributed by atoms with Crippen LogP contribution in [-0.2, 0) is 4.79 Å². The van der Waals surface area contributed by atoms with Crippen molar-refractivity contribution in [2.24, 2.45) is 0 Å². The Labute approximate surface area is 181 Å². The number of aromatic nitrogens is 3. The van der Waals surface area contributed by atoms with Crippen LogP contribution in [0.2, 0.25) is 5.02 Å². The molecule has 2 fully saturated rings. The number of pyridine rings is 1. The van der Waals surface area contributed by atoms with Gasteiger partial charge in [0.05, 0.1) is 21.8 Å². The van der Waals surface area contributed by atoms with Gasteiger partial charge in [-0.3, -0.25) is 4.79 Å². The maximum absolute atomic E-state index is 14.2. The molecule has 0 saturated carbocycles. The molecule has 2 saturated heterocycles. The van der Waals surface area contributed by atoms with E-state index in [1.54, 1.807) is 6.07 Å². The number of nitrogens with zero attached hydrogens (tertiary/aromatic N) is 5. The number of benzene rings is 1. The van der Waals surface area contributed by atoms with Gasteiger partial charge in [-0.05, 0) is 30.7 Å². The van der Waals surface area contributed by atoms with Gasteiger partial charge in [-0.25, -0.2) is 23.7 Å². The number of halogens is 3. The summed E-state index contributed by atoms with van der Waals surface area (Å²) < 4.78 is 27.6. The van der Waals surface area contributed by atoms with Crippen molar-refractivity contribution in [2.45, 2.75) is 12.0 Å². The molecule has 2 aliphatic heterocycles. The van der Waals surface area contributed by atoms with Gasteiger partial charge in [0.2, 0.25) is 5.91 Å². The zero-order valence-electron chi connectivity index (χ0n) is 16.3. The quantitative estimate of drug-likeness (QED) is 0.491. The van der Waals surface area contributed by atoms with Crippen LogP contribution < -0.4 is 10.2 Å². The smallest absolute Gasteiger partial charge is 0.246 e. The third-order valence-corrected chi connectivity index (χ3v) is 6.13. The Morgan fingerprint density at radius 3 is 2.74 bits per heavy atom. The molecule has 0 unspecified atom stereocenters. The predicted octanol–water partition coefficient (Wildman–Crippen LogP) is 3.68. The van der Waals surface area contributed by atoms with E-state index >= 15 is 0 Å². The minimum absolute atomic E-state index is 0.0189. The number of anilines is 3. The largest absolute Gasteiger partial charge is 0.352 e. The van der Waals surface area contributed by atoms with Crippen LogP contribution in [0.5, 0.6) is 0 Å². The summed E-state index contributed by atoms with van der Waals surface area (Å²) >= 11 is 5.78. The van der Waals surface area contributed by atoms with E-state index in [4.69, 9.17) is 11.6 Å². The highest BCUT2D eigenvalue weighted by Crippen LogP contribution is 2.41. The first kappa shape index (κ1) is 19.6. The number of amides is 1. The molecule has 7 nitrogen and oxygen atoms in total. The number of likely N-dealkylation sites (tertiary alicyclic amines) is 1. The minimum atomic E-state index is -0.843. The third kappa shape index (κ3) is 3.16. The molecule has 1 N–H and O–H groups in total. The van der Waals surface area contributed by atoms with Crippen LogP contribution in [0.25, 0.3) is 11.0 Å². The maximum Gasteiger partial charge on any atom is 0.246 e. The lowest BCUT2D eigenvalue weighted by atomic mass is 9.77. The molecular formula is C21H17ClF2N6O. The first-order chi connectivity index (χ1) is 14.9. The van der Waals surface area contributed by atoms with Crippen LogP contribution in [0.4, 0.5) is 26.1 Å². The van der Waals surface area contributed by atoms with Gasteiger partial charge in [0.15, 0.2) is 5.82 Å². The third-order valence-electron chi connectivity index (χ3n) is 5.84. The van der Waals surface area contributed by atoms with E-state index in [0.717, 1.165) is 19.0 Å². The highest BCUT2D eigenvalue weighted by molar-refractivity contribution is 6.31. The zero-order valence-corrected chi connectivity index (χ0v) is 17.0. The zero-order chi connectivity index (χ0) is 21.8. The van der Waals surface area contributed by atoms with Gasteiger partial charge < -0.3 is 15.1 Å². The molecule has 158 valence electrons. The molecule has 0 atom stereocenters. The van der Waals surface area contributed by atoms with Crippen molar-refractivity contribution < 1.29 is 13.6 Å². The molecule has 3 aromatic rings. The number of hydrogen-bond acceptors (Lipinski definition) is 6. The monoisotopic (exact) mass is 442 g/mol. The van der Waals surface area contributed by atoms with Gasteiger partial charge >= 0.3 is 0 Å². The Morgan fingerprint density at radius 1 is 1.23 bits per heavy atom. The molecule has 1 spiro atoms. The summed E-state index contributed by atoms with van der Waals surface area (Å²) in [4.78, 5) is 28.9. The lowest BCUT2D eigenvalue weighted by molar-refractivity contribution is -0.144. The fourth-order valence-electron chi connectivity index (χ4n) is 4.09. The van der Waals surface area contributed by atoms with E-state index in [0.29, 0.717) is 36.0 Å². The first-order valence-electron chi connectivity index (χ1n) is 9.62. The number of carbonyl (C=O) groups excluding carboxylic acids is 1. The molecule has 31 heavy (non-hydrogen) atoms. The molecule has 2 aromatic heterocycles. The van der Waals surface area contributed by atoms with E-state index in [9.17, 15) is 13.6 Å². The fourth-order valence-corrected chi connectivity index (χ4v) is 4.26. The first-order valence-corrected chi connectivity index (χ1v) is 10.0. The van der Waals surface area contributed by atoms with Gasteiger partial charge in [-0.15, -0.1) is 0 Å². The number of rotatable bonds is 4. The highest BCUT2D eigenvalue weighted by atomic mass is 35.5. The lowest BCUT2D eigenvalue weighted by Gasteiger charge is -2.62. The predicted molar refractivity (Wildman–Crippen MR) is 113 cm³/mol. The van der Waals surface area contributed by atoms with Gasteiger partial charge in [0, 0.05) is 25.7 Å². The lowest BCUT2D eigenvalue weighted by Crippen LogP contribution is -2.78. The summed E-state index contributed by atoms with van der Waals surface area (Å²) in [7, 11) is 0. The molecule has 4 heterocycles. The topological polar surface area (TPSA) is 74.2 Å². The van der Waals surface area contributed by atoms with E-state index in [-0.39, 0.29) is 28.0 Å². The maximum atomic E-state index is 14.2. The molecule has 5 rings (SSSR count). The Bertz CT molecular complexity index is 1230. The molecule has 1 amide bonds. The fraction of sp³-hybridized carbons (Fsp3) is 0.238. The number of nitrogens with one attached hydrogen (secondary N) is 1. The summed E-state index contributed by atoms with van der Waals surface area (Å²) in [6, 6.07) is 5.52. The van der Waals surface area contributed by atoms with Crippen molar-refractivity contribution >= 4 is 45.9 Å². The molecule has 0 aliphatic carbocycles. The van der Waals surface area contributed by atoms with Crippen LogP contribution in [-0.4, -0.2) is 50.9 Å². The Kier molecular flexibility index (Phi) is 4.51. The van der Waals surface area contributed by atoms with Crippen molar-refractivity contribution in [3.63, 3.8) is 0 Å². The van der Waals surface area contributed by atoms with Crippen molar-refractivity contribution in [3.8, 4) is 0 Å². The van der Waals surface area contributed by atoms with Gasteiger partial charge in [0.1, 0.15) is 29.3 Å². The molecule has 0 bridgehead atoms. The summed E-state index contributed by atoms with van der Waals surface area (Å²) in [6.07, 6.45) is 3.62. The second-order valence-corrected chi connectivity index (χ2v) is 8.06. The van der Waals surface area contributed by atoms with E-state index in [1.807, 2.05) is 11.0 Å². The van der Waals surface area contributed by atoms with E-state index in [1.165, 1.54) is 12.4 Å². The average Bonchev–Trinajstić information content (AvgIpc) is 2.70. The summed E-state index contributed by atoms with van der Waals surface area (Å²) in [5.74, 6) is -0.727. The van der Waals surface area contributed by atoms with Crippen molar-refractivity contribution in [2.75, 3.05) is 29.9 Å². The van der Waals surface area contributed by atoms with Crippen LogP contribution in [0.15, 0.2) is 43.2 Å². The minimum Gasteiger partial charge on any atom is -0.352 e. The number of carbonyl (C=O) groups is 1. The molecule has 2 aliphatic rings. The average molecular weight is 443 g/mol.